The standard InChI is InChI=1S/C10H6ClF3N4O2/c11-6-1-5(18(19)20)2-7(15)9(6)17-3-8(16-4-17)10(12,13)14/h1-4H,15H2. The van der Waals surface area contributed by atoms with E-state index in [1.165, 1.54) is 0 Å². The lowest BCUT2D eigenvalue weighted by Crippen LogP contribution is -2.05. The molecule has 0 amide bonds. The van der Waals surface area contributed by atoms with E-state index in [9.17, 15) is 23.3 Å². The zero-order valence-electron chi connectivity index (χ0n) is 9.56. The highest BCUT2D eigenvalue weighted by molar-refractivity contribution is 6.33. The largest absolute Gasteiger partial charge is 0.434 e. The minimum absolute atomic E-state index is 0.000247. The van der Waals surface area contributed by atoms with Crippen molar-refractivity contribution >= 4 is 23.0 Å². The van der Waals surface area contributed by atoms with Crippen LogP contribution in [0.1, 0.15) is 5.69 Å². The fraction of sp³-hybridized carbons (Fsp3) is 0.100. The lowest BCUT2D eigenvalue weighted by atomic mass is 10.2. The zero-order valence-corrected chi connectivity index (χ0v) is 10.3. The molecular weight excluding hydrogens is 301 g/mol. The number of alkyl halides is 3. The number of non-ortho nitro benzene ring substituents is 1. The Bertz CT molecular complexity index is 660. The Morgan fingerprint density at radius 1 is 1.40 bits per heavy atom. The predicted octanol–water partition coefficient (Wildman–Crippen LogP) is 3.03. The van der Waals surface area contributed by atoms with Crippen LogP contribution in [-0.4, -0.2) is 14.5 Å². The topological polar surface area (TPSA) is 87.0 Å². The third-order valence-electron chi connectivity index (χ3n) is 2.42. The van der Waals surface area contributed by atoms with Crippen molar-refractivity contribution in [2.75, 3.05) is 5.73 Å². The summed E-state index contributed by atoms with van der Waals surface area (Å²) in [6, 6.07) is 2.01. The van der Waals surface area contributed by atoms with E-state index in [0.717, 1.165) is 23.0 Å². The first-order valence-corrected chi connectivity index (χ1v) is 5.43. The summed E-state index contributed by atoms with van der Waals surface area (Å²) < 4.78 is 38.3. The van der Waals surface area contributed by atoms with Crippen molar-refractivity contribution in [2.45, 2.75) is 6.18 Å². The maximum Gasteiger partial charge on any atom is 0.434 e. The van der Waals surface area contributed by atoms with Crippen LogP contribution >= 0.6 is 11.6 Å². The predicted molar refractivity (Wildman–Crippen MR) is 64.6 cm³/mol. The van der Waals surface area contributed by atoms with Gasteiger partial charge in [0.2, 0.25) is 0 Å². The second-order valence-electron chi connectivity index (χ2n) is 3.79. The van der Waals surface area contributed by atoms with Gasteiger partial charge in [-0.3, -0.25) is 10.1 Å². The van der Waals surface area contributed by atoms with Gasteiger partial charge in [-0.05, 0) is 0 Å². The summed E-state index contributed by atoms with van der Waals surface area (Å²) in [5.41, 5.74) is 3.99. The number of nitro groups is 1. The maximum atomic E-state index is 12.5. The van der Waals surface area contributed by atoms with Gasteiger partial charge in [-0.25, -0.2) is 4.98 Å². The Labute approximate surface area is 114 Å². The van der Waals surface area contributed by atoms with Crippen LogP contribution in [0.25, 0.3) is 5.69 Å². The summed E-state index contributed by atoms with van der Waals surface area (Å²) in [4.78, 5) is 13.1. The van der Waals surface area contributed by atoms with Crippen LogP contribution in [0.5, 0.6) is 0 Å². The highest BCUT2D eigenvalue weighted by Crippen LogP contribution is 2.33. The summed E-state index contributed by atoms with van der Waals surface area (Å²) in [5.74, 6) is 0. The molecule has 2 N–H and O–H groups in total. The van der Waals surface area contributed by atoms with Crippen LogP contribution in [0.4, 0.5) is 24.5 Å². The SMILES string of the molecule is Nc1cc([N+](=O)[O-])cc(Cl)c1-n1cnc(C(F)(F)F)c1. The molecule has 20 heavy (non-hydrogen) atoms. The molecule has 2 aromatic rings. The quantitative estimate of drug-likeness (QED) is 0.525. The first-order chi connectivity index (χ1) is 9.20. The fourth-order valence-electron chi connectivity index (χ4n) is 1.57. The van der Waals surface area contributed by atoms with Crippen LogP contribution < -0.4 is 5.73 Å². The van der Waals surface area contributed by atoms with Crippen molar-refractivity contribution in [1.29, 1.82) is 0 Å². The molecule has 6 nitrogen and oxygen atoms in total. The van der Waals surface area contributed by atoms with Gasteiger partial charge in [0.1, 0.15) is 0 Å². The normalized spacial score (nSPS) is 11.6. The number of rotatable bonds is 2. The average molecular weight is 307 g/mol. The van der Waals surface area contributed by atoms with Gasteiger partial charge >= 0.3 is 6.18 Å². The molecule has 1 aromatic carbocycles. The number of hydrogen-bond acceptors (Lipinski definition) is 4. The highest BCUT2D eigenvalue weighted by Gasteiger charge is 2.33. The number of halogens is 4. The van der Waals surface area contributed by atoms with Crippen LogP contribution in [0, 0.1) is 10.1 Å². The number of imidazole rings is 1. The molecule has 1 aromatic heterocycles. The minimum atomic E-state index is -4.60. The van der Waals surface area contributed by atoms with E-state index in [1.54, 1.807) is 0 Å². The van der Waals surface area contributed by atoms with E-state index in [2.05, 4.69) is 4.98 Å². The van der Waals surface area contributed by atoms with Crippen molar-refractivity contribution in [3.05, 3.63) is 45.5 Å². The summed E-state index contributed by atoms with van der Waals surface area (Å²) in [5, 5.41) is 10.5. The number of nitro benzene ring substituents is 1. The van der Waals surface area contributed by atoms with Crippen molar-refractivity contribution in [1.82, 2.24) is 9.55 Å². The fourth-order valence-corrected chi connectivity index (χ4v) is 1.89. The van der Waals surface area contributed by atoms with Gasteiger partial charge in [-0.1, -0.05) is 11.6 Å². The van der Waals surface area contributed by atoms with Crippen LogP contribution in [0.2, 0.25) is 5.02 Å². The summed E-state index contributed by atoms with van der Waals surface area (Å²) in [7, 11) is 0. The van der Waals surface area contributed by atoms with Crippen molar-refractivity contribution in [3.63, 3.8) is 0 Å². The summed E-state index contributed by atoms with van der Waals surface area (Å²) >= 11 is 5.82. The number of hydrogen-bond donors (Lipinski definition) is 1. The molecule has 1 heterocycles. The molecule has 0 atom stereocenters. The first-order valence-electron chi connectivity index (χ1n) is 5.05. The molecule has 10 heteroatoms. The molecule has 0 aliphatic rings. The lowest BCUT2D eigenvalue weighted by molar-refractivity contribution is -0.384. The number of nitrogen functional groups attached to an aromatic ring is 1. The Kier molecular flexibility index (Phi) is 3.30. The number of anilines is 1. The van der Waals surface area contributed by atoms with E-state index >= 15 is 0 Å². The Morgan fingerprint density at radius 2 is 2.05 bits per heavy atom. The van der Waals surface area contributed by atoms with Crippen molar-refractivity contribution in [2.24, 2.45) is 0 Å². The molecule has 0 aliphatic heterocycles. The van der Waals surface area contributed by atoms with E-state index in [0.29, 0.717) is 6.20 Å². The minimum Gasteiger partial charge on any atom is -0.397 e. The number of nitrogens with two attached hydrogens (primary N) is 1. The lowest BCUT2D eigenvalue weighted by Gasteiger charge is -2.08. The molecule has 0 spiro atoms. The smallest absolute Gasteiger partial charge is 0.397 e. The second kappa shape index (κ2) is 4.67. The monoisotopic (exact) mass is 306 g/mol. The molecule has 0 saturated carbocycles. The van der Waals surface area contributed by atoms with Gasteiger partial charge in [-0.2, -0.15) is 13.2 Å². The van der Waals surface area contributed by atoms with Crippen LogP contribution in [0.3, 0.4) is 0 Å². The molecule has 0 saturated heterocycles. The van der Waals surface area contributed by atoms with Gasteiger partial charge in [0.25, 0.3) is 5.69 Å². The van der Waals surface area contributed by atoms with Gasteiger partial charge in [-0.15, -0.1) is 0 Å². The van der Waals surface area contributed by atoms with Crippen LogP contribution in [-0.2, 0) is 6.18 Å². The third-order valence-corrected chi connectivity index (χ3v) is 2.71. The molecule has 106 valence electrons. The van der Waals surface area contributed by atoms with Gasteiger partial charge < -0.3 is 10.3 Å². The van der Waals surface area contributed by atoms with Crippen molar-refractivity contribution in [3.8, 4) is 5.69 Å². The van der Waals surface area contributed by atoms with Gasteiger partial charge in [0.15, 0.2) is 5.69 Å². The molecule has 0 aliphatic carbocycles. The molecule has 0 radical (unpaired) electrons. The third kappa shape index (κ3) is 2.52. The van der Waals surface area contributed by atoms with Crippen LogP contribution in [0.15, 0.2) is 24.7 Å². The average Bonchev–Trinajstić information content (AvgIpc) is 2.76. The Balaban J connectivity index is 2.53. The Hall–Kier alpha value is -2.29. The molecule has 0 unspecified atom stereocenters. The molecule has 0 bridgehead atoms. The summed E-state index contributed by atoms with van der Waals surface area (Å²) in [6.45, 7) is 0. The molecule has 2 rings (SSSR count). The van der Waals surface area contributed by atoms with E-state index in [1.807, 2.05) is 0 Å². The number of benzene rings is 1. The summed E-state index contributed by atoms with van der Waals surface area (Å²) in [6.07, 6.45) is -3.02. The van der Waals surface area contributed by atoms with Crippen molar-refractivity contribution < 1.29 is 18.1 Å². The van der Waals surface area contributed by atoms with Gasteiger partial charge in [0, 0.05) is 18.3 Å². The zero-order chi connectivity index (χ0) is 15.1. The van der Waals surface area contributed by atoms with E-state index < -0.39 is 16.8 Å². The Morgan fingerprint density at radius 3 is 2.50 bits per heavy atom. The van der Waals surface area contributed by atoms with E-state index in [-0.39, 0.29) is 22.1 Å². The number of nitrogens with zero attached hydrogens (tertiary/aromatic N) is 3. The van der Waals surface area contributed by atoms with E-state index in [4.69, 9.17) is 17.3 Å². The maximum absolute atomic E-state index is 12.5. The molecular formula is C10H6ClF3N4O2. The first kappa shape index (κ1) is 14.1. The second-order valence-corrected chi connectivity index (χ2v) is 4.19. The highest BCUT2D eigenvalue weighted by atomic mass is 35.5. The molecule has 0 fully saturated rings. The van der Waals surface area contributed by atoms with Gasteiger partial charge in [0.05, 0.1) is 27.6 Å². The number of aromatic nitrogens is 2.